The Morgan fingerprint density at radius 3 is 2.75 bits per heavy atom. The minimum atomic E-state index is -0.241. The number of hydrogen-bond acceptors (Lipinski definition) is 5. The Balaban J connectivity index is 2.12. The van der Waals surface area contributed by atoms with Crippen molar-refractivity contribution >= 4 is 0 Å². The van der Waals surface area contributed by atoms with E-state index < -0.39 is 0 Å². The van der Waals surface area contributed by atoms with Crippen molar-refractivity contribution in [2.24, 2.45) is 11.1 Å². The van der Waals surface area contributed by atoms with E-state index in [1.165, 1.54) is 0 Å². The first-order chi connectivity index (χ1) is 7.48. The molecule has 5 nitrogen and oxygen atoms in total. The maximum absolute atomic E-state index is 6.05. The van der Waals surface area contributed by atoms with Gasteiger partial charge in [-0.15, -0.1) is 0 Å². The largest absolute Gasteiger partial charge is 0.370 e. The van der Waals surface area contributed by atoms with Crippen molar-refractivity contribution in [2.75, 3.05) is 6.61 Å². The second kappa shape index (κ2) is 4.14. The molecule has 1 fully saturated rings. The molecular weight excluding hydrogens is 206 g/mol. The molecule has 0 saturated carbocycles. The lowest BCUT2D eigenvalue weighted by atomic mass is 9.87. The van der Waals surface area contributed by atoms with Gasteiger partial charge in [0, 0.05) is 6.61 Å². The van der Waals surface area contributed by atoms with Crippen LogP contribution in [0.1, 0.15) is 57.5 Å². The van der Waals surface area contributed by atoms with Gasteiger partial charge in [0.1, 0.15) is 6.10 Å². The lowest BCUT2D eigenvalue weighted by Crippen LogP contribution is -2.26. The third kappa shape index (κ3) is 2.25. The molecule has 90 valence electrons. The first-order valence-electron chi connectivity index (χ1n) is 5.69. The Kier molecular flexibility index (Phi) is 2.99. The monoisotopic (exact) mass is 225 g/mol. The van der Waals surface area contributed by atoms with Gasteiger partial charge in [-0.2, -0.15) is 4.98 Å². The molecular formula is C11H19N3O2. The summed E-state index contributed by atoms with van der Waals surface area (Å²) in [6, 6.07) is -0.241. The van der Waals surface area contributed by atoms with Crippen molar-refractivity contribution in [3.63, 3.8) is 0 Å². The fourth-order valence-corrected chi connectivity index (χ4v) is 1.66. The van der Waals surface area contributed by atoms with Gasteiger partial charge in [0.2, 0.25) is 11.7 Å². The SMILES string of the molecule is CC(C)(C)[C@H](N)c1nc(C2CCCO2)no1. The standard InChI is InChI=1S/C11H19N3O2/c1-11(2,3)8(12)10-13-9(14-16-10)7-5-4-6-15-7/h7-8H,4-6,12H2,1-3H3/t7?,8-/m1/s1. The van der Waals surface area contributed by atoms with Crippen LogP contribution in [-0.2, 0) is 4.74 Å². The second-order valence-corrected chi connectivity index (χ2v) is 5.34. The van der Waals surface area contributed by atoms with Gasteiger partial charge < -0.3 is 15.0 Å². The third-order valence-electron chi connectivity index (χ3n) is 2.87. The summed E-state index contributed by atoms with van der Waals surface area (Å²) in [6.45, 7) is 6.93. The zero-order chi connectivity index (χ0) is 11.8. The third-order valence-corrected chi connectivity index (χ3v) is 2.87. The molecule has 2 atom stereocenters. The lowest BCUT2D eigenvalue weighted by Gasteiger charge is -2.23. The molecule has 0 spiro atoms. The van der Waals surface area contributed by atoms with Gasteiger partial charge in [-0.3, -0.25) is 0 Å². The van der Waals surface area contributed by atoms with Crippen LogP contribution in [0.5, 0.6) is 0 Å². The molecule has 0 bridgehead atoms. The van der Waals surface area contributed by atoms with E-state index in [1.54, 1.807) is 0 Å². The van der Waals surface area contributed by atoms with Crippen molar-refractivity contribution in [2.45, 2.75) is 45.8 Å². The number of aromatic nitrogens is 2. The normalized spacial score (nSPS) is 23.6. The molecule has 1 aliphatic rings. The van der Waals surface area contributed by atoms with Crippen LogP contribution in [-0.4, -0.2) is 16.7 Å². The van der Waals surface area contributed by atoms with Crippen molar-refractivity contribution in [1.82, 2.24) is 10.1 Å². The van der Waals surface area contributed by atoms with Crippen LogP contribution in [0.2, 0.25) is 0 Å². The quantitative estimate of drug-likeness (QED) is 0.832. The highest BCUT2D eigenvalue weighted by atomic mass is 16.5. The highest BCUT2D eigenvalue weighted by molar-refractivity contribution is 4.99. The maximum Gasteiger partial charge on any atom is 0.244 e. The van der Waals surface area contributed by atoms with Crippen LogP contribution in [0.4, 0.5) is 0 Å². The van der Waals surface area contributed by atoms with Gasteiger partial charge >= 0.3 is 0 Å². The minimum Gasteiger partial charge on any atom is -0.370 e. The van der Waals surface area contributed by atoms with E-state index in [0.29, 0.717) is 11.7 Å². The summed E-state index contributed by atoms with van der Waals surface area (Å²) < 4.78 is 10.7. The van der Waals surface area contributed by atoms with Crippen LogP contribution in [0.25, 0.3) is 0 Å². The molecule has 1 aliphatic heterocycles. The van der Waals surface area contributed by atoms with Gasteiger partial charge in [0.25, 0.3) is 0 Å². The van der Waals surface area contributed by atoms with Gasteiger partial charge in [-0.05, 0) is 18.3 Å². The summed E-state index contributed by atoms with van der Waals surface area (Å²) in [6.07, 6.45) is 2.01. The van der Waals surface area contributed by atoms with E-state index in [9.17, 15) is 0 Å². The van der Waals surface area contributed by atoms with Crippen molar-refractivity contribution in [3.8, 4) is 0 Å². The molecule has 1 saturated heterocycles. The predicted molar refractivity (Wildman–Crippen MR) is 58.6 cm³/mol. The molecule has 16 heavy (non-hydrogen) atoms. The average molecular weight is 225 g/mol. The van der Waals surface area contributed by atoms with Crippen LogP contribution < -0.4 is 5.73 Å². The van der Waals surface area contributed by atoms with E-state index in [4.69, 9.17) is 15.0 Å². The van der Waals surface area contributed by atoms with Gasteiger partial charge in [0.15, 0.2) is 0 Å². The zero-order valence-corrected chi connectivity index (χ0v) is 10.1. The Morgan fingerprint density at radius 2 is 2.19 bits per heavy atom. The van der Waals surface area contributed by atoms with Crippen LogP contribution >= 0.6 is 0 Å². The molecule has 0 aromatic carbocycles. The van der Waals surface area contributed by atoms with Gasteiger partial charge in [0.05, 0.1) is 6.04 Å². The second-order valence-electron chi connectivity index (χ2n) is 5.34. The first kappa shape index (κ1) is 11.5. The number of hydrogen-bond donors (Lipinski definition) is 1. The number of nitrogens with two attached hydrogens (primary N) is 1. The number of nitrogens with zero attached hydrogens (tertiary/aromatic N) is 2. The minimum absolute atomic E-state index is 0.00957. The topological polar surface area (TPSA) is 74.2 Å². The smallest absolute Gasteiger partial charge is 0.244 e. The Bertz CT molecular complexity index is 350. The fourth-order valence-electron chi connectivity index (χ4n) is 1.66. The van der Waals surface area contributed by atoms with Crippen LogP contribution in [0.3, 0.4) is 0 Å². The molecule has 2 rings (SSSR count). The fraction of sp³-hybridized carbons (Fsp3) is 0.818. The summed E-state index contributed by atoms with van der Waals surface area (Å²) in [4.78, 5) is 4.33. The Labute approximate surface area is 95.3 Å². The molecule has 0 aliphatic carbocycles. The first-order valence-corrected chi connectivity index (χ1v) is 5.69. The molecule has 1 unspecified atom stereocenters. The number of rotatable bonds is 2. The summed E-state index contributed by atoms with van der Waals surface area (Å²) in [5, 5.41) is 3.94. The van der Waals surface area contributed by atoms with Crippen molar-refractivity contribution in [1.29, 1.82) is 0 Å². The molecule has 0 radical (unpaired) electrons. The summed E-state index contributed by atoms with van der Waals surface area (Å²) >= 11 is 0. The molecule has 1 aromatic heterocycles. The molecule has 5 heteroatoms. The Hall–Kier alpha value is -0.940. The zero-order valence-electron chi connectivity index (χ0n) is 10.1. The summed E-state index contributed by atoms with van der Waals surface area (Å²) in [7, 11) is 0. The highest BCUT2D eigenvalue weighted by Gasteiger charge is 2.30. The lowest BCUT2D eigenvalue weighted by molar-refractivity contribution is 0.103. The molecule has 2 N–H and O–H groups in total. The molecule has 1 aromatic rings. The van der Waals surface area contributed by atoms with Crippen LogP contribution in [0, 0.1) is 5.41 Å². The number of ether oxygens (including phenoxy) is 1. The van der Waals surface area contributed by atoms with Gasteiger partial charge in [-0.1, -0.05) is 25.9 Å². The van der Waals surface area contributed by atoms with E-state index in [0.717, 1.165) is 19.4 Å². The molecule has 0 amide bonds. The maximum atomic E-state index is 6.05. The summed E-state index contributed by atoms with van der Waals surface area (Å²) in [5.74, 6) is 1.13. The average Bonchev–Trinajstić information content (AvgIpc) is 2.85. The highest BCUT2D eigenvalue weighted by Crippen LogP contribution is 2.31. The van der Waals surface area contributed by atoms with E-state index in [1.807, 2.05) is 20.8 Å². The van der Waals surface area contributed by atoms with E-state index >= 15 is 0 Å². The predicted octanol–water partition coefficient (Wildman–Crippen LogP) is 1.97. The van der Waals surface area contributed by atoms with Crippen LogP contribution in [0.15, 0.2) is 4.52 Å². The molecule has 2 heterocycles. The summed E-state index contributed by atoms with van der Waals surface area (Å²) in [5.41, 5.74) is 5.96. The Morgan fingerprint density at radius 1 is 1.44 bits per heavy atom. The van der Waals surface area contributed by atoms with Gasteiger partial charge in [-0.25, -0.2) is 0 Å². The van der Waals surface area contributed by atoms with E-state index in [2.05, 4.69) is 10.1 Å². The van der Waals surface area contributed by atoms with E-state index in [-0.39, 0.29) is 17.6 Å². The van der Waals surface area contributed by atoms with Crippen molar-refractivity contribution < 1.29 is 9.26 Å². The van der Waals surface area contributed by atoms with Crippen molar-refractivity contribution in [3.05, 3.63) is 11.7 Å².